The van der Waals surface area contributed by atoms with Crippen molar-refractivity contribution in [2.24, 2.45) is 0 Å². The van der Waals surface area contributed by atoms with Crippen LogP contribution in [0.5, 0.6) is 0 Å². The predicted octanol–water partition coefficient (Wildman–Crippen LogP) is 2.51. The lowest BCUT2D eigenvalue weighted by atomic mass is 10.1. The summed E-state index contributed by atoms with van der Waals surface area (Å²) in [5.41, 5.74) is 1.13. The highest BCUT2D eigenvalue weighted by Crippen LogP contribution is 2.13. The molecule has 2 N–H and O–H groups in total. The largest absolute Gasteiger partial charge is 0.478 e. The van der Waals surface area contributed by atoms with Crippen molar-refractivity contribution in [1.82, 2.24) is 5.32 Å². The van der Waals surface area contributed by atoms with Crippen molar-refractivity contribution in [3.8, 4) is 0 Å². The number of carboxylic acid groups (broad SMARTS) is 1. The molecule has 4 heteroatoms. The van der Waals surface area contributed by atoms with Crippen LogP contribution in [-0.2, 0) is 4.79 Å². The van der Waals surface area contributed by atoms with Crippen LogP contribution in [0.4, 0.5) is 4.39 Å². The Kier molecular flexibility index (Phi) is 4.84. The van der Waals surface area contributed by atoms with Crippen molar-refractivity contribution >= 4 is 5.97 Å². The van der Waals surface area contributed by atoms with Crippen molar-refractivity contribution in [3.05, 3.63) is 47.3 Å². The molecule has 0 aromatic heterocycles. The van der Waals surface area contributed by atoms with Gasteiger partial charge in [-0.3, -0.25) is 0 Å². The molecule has 0 aliphatic rings. The molecule has 0 saturated carbocycles. The Hall–Kier alpha value is -1.68. The van der Waals surface area contributed by atoms with E-state index in [-0.39, 0.29) is 11.9 Å². The van der Waals surface area contributed by atoms with Gasteiger partial charge >= 0.3 is 5.97 Å². The molecule has 0 heterocycles. The standard InChI is InChI=1S/C13H16FNO2/c1-9(13(16)17)6-7-15-10(2)11-4-3-5-12(14)8-11/h3-6,8,10,15H,7H2,1-2H3,(H,16,17)/b9-6-/t10-/m0/s1. The third kappa shape index (κ3) is 4.36. The lowest BCUT2D eigenvalue weighted by Crippen LogP contribution is -2.19. The predicted molar refractivity (Wildman–Crippen MR) is 64.2 cm³/mol. The van der Waals surface area contributed by atoms with Crippen molar-refractivity contribution in [1.29, 1.82) is 0 Å². The molecule has 17 heavy (non-hydrogen) atoms. The molecule has 1 rings (SSSR count). The average Bonchev–Trinajstić information content (AvgIpc) is 2.28. The van der Waals surface area contributed by atoms with E-state index >= 15 is 0 Å². The SMILES string of the molecule is C/C(=C/CN[C@@H](C)c1cccc(F)c1)C(=O)O. The molecule has 0 aliphatic carbocycles. The van der Waals surface area contributed by atoms with Crippen LogP contribution >= 0.6 is 0 Å². The van der Waals surface area contributed by atoms with Gasteiger partial charge in [-0.25, -0.2) is 9.18 Å². The summed E-state index contributed by atoms with van der Waals surface area (Å²) in [6.45, 7) is 3.88. The van der Waals surface area contributed by atoms with Gasteiger partial charge in [-0.1, -0.05) is 18.2 Å². The Balaban J connectivity index is 2.53. The van der Waals surface area contributed by atoms with E-state index in [1.807, 2.05) is 13.0 Å². The Labute approximate surface area is 100.0 Å². The first-order valence-electron chi connectivity index (χ1n) is 5.39. The molecule has 1 aromatic rings. The summed E-state index contributed by atoms with van der Waals surface area (Å²) in [4.78, 5) is 10.5. The maximum Gasteiger partial charge on any atom is 0.330 e. The highest BCUT2D eigenvalue weighted by atomic mass is 19.1. The van der Waals surface area contributed by atoms with Crippen molar-refractivity contribution in [3.63, 3.8) is 0 Å². The van der Waals surface area contributed by atoms with Crippen LogP contribution in [0.3, 0.4) is 0 Å². The highest BCUT2D eigenvalue weighted by Gasteiger charge is 2.05. The van der Waals surface area contributed by atoms with Crippen molar-refractivity contribution in [2.45, 2.75) is 19.9 Å². The molecule has 0 saturated heterocycles. The van der Waals surface area contributed by atoms with Crippen LogP contribution in [0.1, 0.15) is 25.5 Å². The van der Waals surface area contributed by atoms with Gasteiger partial charge in [0.2, 0.25) is 0 Å². The molecule has 0 unspecified atom stereocenters. The fourth-order valence-electron chi connectivity index (χ4n) is 1.37. The van der Waals surface area contributed by atoms with Gasteiger partial charge in [-0.2, -0.15) is 0 Å². The van der Waals surface area contributed by atoms with Crippen LogP contribution < -0.4 is 5.32 Å². The third-order valence-electron chi connectivity index (χ3n) is 2.52. The number of benzene rings is 1. The lowest BCUT2D eigenvalue weighted by molar-refractivity contribution is -0.132. The van der Waals surface area contributed by atoms with Crippen LogP contribution in [0.2, 0.25) is 0 Å². The fourth-order valence-corrected chi connectivity index (χ4v) is 1.37. The quantitative estimate of drug-likeness (QED) is 0.773. The normalized spacial score (nSPS) is 13.5. The molecule has 3 nitrogen and oxygen atoms in total. The van der Waals surface area contributed by atoms with Gasteiger partial charge in [0.05, 0.1) is 0 Å². The van der Waals surface area contributed by atoms with Crippen LogP contribution in [0.15, 0.2) is 35.9 Å². The minimum atomic E-state index is -0.926. The second-order valence-electron chi connectivity index (χ2n) is 3.88. The Morgan fingerprint density at radius 3 is 2.88 bits per heavy atom. The second kappa shape index (κ2) is 6.15. The molecular weight excluding hydrogens is 221 g/mol. The molecule has 1 atom stereocenters. The van der Waals surface area contributed by atoms with Crippen LogP contribution in [0, 0.1) is 5.82 Å². The number of carboxylic acids is 1. The Morgan fingerprint density at radius 2 is 2.29 bits per heavy atom. The van der Waals surface area contributed by atoms with Gasteiger partial charge in [0, 0.05) is 18.2 Å². The minimum Gasteiger partial charge on any atom is -0.478 e. The van der Waals surface area contributed by atoms with Gasteiger partial charge in [-0.05, 0) is 31.5 Å². The van der Waals surface area contributed by atoms with E-state index in [0.717, 1.165) is 5.56 Å². The monoisotopic (exact) mass is 237 g/mol. The van der Waals surface area contributed by atoms with Gasteiger partial charge in [0.1, 0.15) is 5.82 Å². The number of nitrogens with one attached hydrogen (secondary N) is 1. The Morgan fingerprint density at radius 1 is 1.59 bits per heavy atom. The van der Waals surface area contributed by atoms with Crippen LogP contribution in [0.25, 0.3) is 0 Å². The maximum atomic E-state index is 13.0. The number of rotatable bonds is 5. The first-order chi connectivity index (χ1) is 8.00. The first kappa shape index (κ1) is 13.4. The van der Waals surface area contributed by atoms with Gasteiger partial charge in [0.15, 0.2) is 0 Å². The molecule has 1 aromatic carbocycles. The first-order valence-corrected chi connectivity index (χ1v) is 5.39. The van der Waals surface area contributed by atoms with Crippen molar-refractivity contribution < 1.29 is 14.3 Å². The molecule has 0 fully saturated rings. The second-order valence-corrected chi connectivity index (χ2v) is 3.88. The number of hydrogen-bond acceptors (Lipinski definition) is 2. The molecule has 0 aliphatic heterocycles. The molecule has 92 valence electrons. The zero-order chi connectivity index (χ0) is 12.8. The average molecular weight is 237 g/mol. The summed E-state index contributed by atoms with van der Waals surface area (Å²) in [6, 6.07) is 6.31. The lowest BCUT2D eigenvalue weighted by Gasteiger charge is -2.12. The zero-order valence-electron chi connectivity index (χ0n) is 9.90. The topological polar surface area (TPSA) is 49.3 Å². The Bertz CT molecular complexity index is 429. The van der Waals surface area contributed by atoms with E-state index in [1.54, 1.807) is 12.1 Å². The van der Waals surface area contributed by atoms with Crippen LogP contribution in [-0.4, -0.2) is 17.6 Å². The summed E-state index contributed by atoms with van der Waals surface area (Å²) in [7, 11) is 0. The molecule has 0 amide bonds. The number of hydrogen-bond donors (Lipinski definition) is 2. The zero-order valence-corrected chi connectivity index (χ0v) is 9.90. The maximum absolute atomic E-state index is 13.0. The minimum absolute atomic E-state index is 0.0245. The summed E-state index contributed by atoms with van der Waals surface area (Å²) >= 11 is 0. The van der Waals surface area contributed by atoms with E-state index in [9.17, 15) is 9.18 Å². The number of halogens is 1. The summed E-state index contributed by atoms with van der Waals surface area (Å²) < 4.78 is 13.0. The fraction of sp³-hybridized carbons (Fsp3) is 0.308. The molecular formula is C13H16FNO2. The third-order valence-corrected chi connectivity index (χ3v) is 2.52. The van der Waals surface area contributed by atoms with Gasteiger partial charge in [0.25, 0.3) is 0 Å². The van der Waals surface area contributed by atoms with E-state index in [1.165, 1.54) is 19.1 Å². The number of aliphatic carboxylic acids is 1. The van der Waals surface area contributed by atoms with E-state index in [0.29, 0.717) is 12.1 Å². The van der Waals surface area contributed by atoms with Crippen molar-refractivity contribution in [2.75, 3.05) is 6.54 Å². The number of carbonyl (C=O) groups is 1. The van der Waals surface area contributed by atoms with E-state index in [4.69, 9.17) is 5.11 Å². The molecule has 0 spiro atoms. The molecule has 0 bridgehead atoms. The van der Waals surface area contributed by atoms with Gasteiger partial charge < -0.3 is 10.4 Å². The molecule has 0 radical (unpaired) electrons. The van der Waals surface area contributed by atoms with E-state index < -0.39 is 5.97 Å². The smallest absolute Gasteiger partial charge is 0.330 e. The summed E-state index contributed by atoms with van der Waals surface area (Å²) in [5, 5.41) is 11.8. The summed E-state index contributed by atoms with van der Waals surface area (Å²) in [5.74, 6) is -1.20. The highest BCUT2D eigenvalue weighted by molar-refractivity contribution is 5.85. The summed E-state index contributed by atoms with van der Waals surface area (Å²) in [6.07, 6.45) is 1.60. The van der Waals surface area contributed by atoms with Gasteiger partial charge in [-0.15, -0.1) is 0 Å². The van der Waals surface area contributed by atoms with E-state index in [2.05, 4.69) is 5.32 Å².